The number of hydrogen-bond acceptors (Lipinski definition) is 4. The van der Waals surface area contributed by atoms with E-state index in [0.717, 1.165) is 10.4 Å². The minimum atomic E-state index is -0.474. The monoisotopic (exact) mass is 278 g/mol. The average Bonchev–Trinajstić information content (AvgIpc) is 2.82. The molecular formula is C12H11ClN4O2. The number of hydrogen-bond donors (Lipinski definition) is 1. The van der Waals surface area contributed by atoms with E-state index >= 15 is 0 Å². The lowest BCUT2D eigenvalue weighted by Crippen LogP contribution is -2.15. The van der Waals surface area contributed by atoms with Crippen LogP contribution in [-0.4, -0.2) is 26.8 Å². The van der Waals surface area contributed by atoms with Crippen molar-refractivity contribution in [2.45, 2.75) is 13.8 Å². The Morgan fingerprint density at radius 3 is 2.68 bits per heavy atom. The lowest BCUT2D eigenvalue weighted by Gasteiger charge is -2.05. The molecule has 0 unspecified atom stereocenters. The first-order valence-electron chi connectivity index (χ1n) is 5.48. The molecule has 7 heteroatoms. The summed E-state index contributed by atoms with van der Waals surface area (Å²) in [5.74, 6) is -0.842. The van der Waals surface area contributed by atoms with Crippen molar-refractivity contribution in [1.29, 1.82) is 0 Å². The van der Waals surface area contributed by atoms with Gasteiger partial charge in [0.2, 0.25) is 0 Å². The second kappa shape index (κ2) is 5.19. The molecule has 2 aromatic rings. The Morgan fingerprint density at radius 2 is 2.11 bits per heavy atom. The van der Waals surface area contributed by atoms with Gasteiger partial charge in [0, 0.05) is 6.92 Å². The van der Waals surface area contributed by atoms with Gasteiger partial charge in [0.1, 0.15) is 0 Å². The van der Waals surface area contributed by atoms with Crippen LogP contribution in [0, 0.1) is 6.92 Å². The number of anilines is 1. The van der Waals surface area contributed by atoms with Gasteiger partial charge < -0.3 is 5.32 Å². The van der Waals surface area contributed by atoms with Crippen LogP contribution in [0.3, 0.4) is 0 Å². The predicted octanol–water partition coefficient (Wildman–Crippen LogP) is 2.15. The third-order valence-corrected chi connectivity index (χ3v) is 2.69. The summed E-state index contributed by atoms with van der Waals surface area (Å²) in [6, 6.07) is 5.27. The summed E-state index contributed by atoms with van der Waals surface area (Å²) >= 11 is 6.01. The van der Waals surface area contributed by atoms with Gasteiger partial charge in [0.15, 0.2) is 5.69 Å². The molecule has 0 spiro atoms. The molecule has 0 saturated carbocycles. The molecule has 1 heterocycles. The summed E-state index contributed by atoms with van der Waals surface area (Å²) in [5, 5.41) is 10.5. The molecule has 0 aliphatic carbocycles. The van der Waals surface area contributed by atoms with Crippen molar-refractivity contribution in [1.82, 2.24) is 15.0 Å². The fourth-order valence-corrected chi connectivity index (χ4v) is 1.71. The molecule has 0 radical (unpaired) electrons. The highest BCUT2D eigenvalue weighted by Gasteiger charge is 2.13. The van der Waals surface area contributed by atoms with Crippen LogP contribution in [0.15, 0.2) is 24.4 Å². The topological polar surface area (TPSA) is 76.9 Å². The number of aryl methyl sites for hydroxylation is 1. The fraction of sp³-hybridized carbons (Fsp3) is 0.167. The maximum Gasteiger partial charge on any atom is 0.277 e. The molecule has 0 bridgehead atoms. The fourth-order valence-electron chi connectivity index (χ4n) is 1.43. The molecule has 0 atom stereocenters. The maximum atomic E-state index is 11.9. The minimum absolute atomic E-state index is 0.0480. The number of aromatic nitrogens is 3. The van der Waals surface area contributed by atoms with Gasteiger partial charge in [-0.3, -0.25) is 9.59 Å². The van der Waals surface area contributed by atoms with Gasteiger partial charge in [0.25, 0.3) is 11.8 Å². The minimum Gasteiger partial charge on any atom is -0.319 e. The quantitative estimate of drug-likeness (QED) is 0.913. The van der Waals surface area contributed by atoms with Gasteiger partial charge in [-0.05, 0) is 24.6 Å². The van der Waals surface area contributed by atoms with Crippen molar-refractivity contribution in [2.24, 2.45) is 0 Å². The molecule has 0 fully saturated rings. The average molecular weight is 279 g/mol. The number of halogens is 1. The zero-order valence-corrected chi connectivity index (χ0v) is 11.1. The van der Waals surface area contributed by atoms with Crippen molar-refractivity contribution >= 4 is 29.1 Å². The highest BCUT2D eigenvalue weighted by Crippen LogP contribution is 2.22. The van der Waals surface area contributed by atoms with E-state index in [4.69, 9.17) is 11.6 Å². The molecule has 19 heavy (non-hydrogen) atoms. The predicted molar refractivity (Wildman–Crippen MR) is 70.5 cm³/mol. The Balaban J connectivity index is 2.18. The highest BCUT2D eigenvalue weighted by atomic mass is 35.5. The summed E-state index contributed by atoms with van der Waals surface area (Å²) < 4.78 is 0. The molecule has 6 nitrogen and oxygen atoms in total. The van der Waals surface area contributed by atoms with E-state index < -0.39 is 5.91 Å². The third kappa shape index (κ3) is 2.97. The van der Waals surface area contributed by atoms with Gasteiger partial charge in [-0.15, -0.1) is 9.90 Å². The lowest BCUT2D eigenvalue weighted by atomic mass is 10.2. The van der Waals surface area contributed by atoms with Crippen molar-refractivity contribution in [3.05, 3.63) is 40.7 Å². The summed E-state index contributed by atoms with van der Waals surface area (Å²) in [4.78, 5) is 23.8. The molecule has 0 aliphatic heterocycles. The van der Waals surface area contributed by atoms with Crippen molar-refractivity contribution < 1.29 is 9.59 Å². The van der Waals surface area contributed by atoms with E-state index in [1.54, 1.807) is 12.1 Å². The highest BCUT2D eigenvalue weighted by molar-refractivity contribution is 6.34. The molecule has 0 saturated heterocycles. The largest absolute Gasteiger partial charge is 0.319 e. The van der Waals surface area contributed by atoms with E-state index in [-0.39, 0.29) is 11.6 Å². The smallest absolute Gasteiger partial charge is 0.277 e. The van der Waals surface area contributed by atoms with Crippen LogP contribution in [-0.2, 0) is 0 Å². The summed E-state index contributed by atoms with van der Waals surface area (Å²) in [6.07, 6.45) is 1.22. The Hall–Kier alpha value is -2.21. The second-order valence-electron chi connectivity index (χ2n) is 3.98. The number of amides is 1. The van der Waals surface area contributed by atoms with Crippen LogP contribution in [0.25, 0.3) is 0 Å². The van der Waals surface area contributed by atoms with E-state index in [0.29, 0.717) is 10.7 Å². The number of rotatable bonds is 2. The summed E-state index contributed by atoms with van der Waals surface area (Å²) in [7, 11) is 0. The first-order chi connectivity index (χ1) is 8.97. The Labute approximate surface area is 114 Å². The maximum absolute atomic E-state index is 11.9. The zero-order valence-electron chi connectivity index (χ0n) is 10.3. The van der Waals surface area contributed by atoms with Crippen LogP contribution in [0.1, 0.15) is 27.8 Å². The second-order valence-corrected chi connectivity index (χ2v) is 4.38. The number of carbonyl (C=O) groups excluding carboxylic acids is 2. The first kappa shape index (κ1) is 13.2. The lowest BCUT2D eigenvalue weighted by molar-refractivity contribution is 0.0902. The molecule has 1 aromatic heterocycles. The van der Waals surface area contributed by atoms with Crippen molar-refractivity contribution in [3.63, 3.8) is 0 Å². The Morgan fingerprint density at radius 1 is 1.37 bits per heavy atom. The number of benzene rings is 1. The van der Waals surface area contributed by atoms with Gasteiger partial charge in [-0.1, -0.05) is 17.7 Å². The van der Waals surface area contributed by atoms with Crippen LogP contribution in [0.5, 0.6) is 0 Å². The summed E-state index contributed by atoms with van der Waals surface area (Å²) in [5.41, 5.74) is 1.52. The van der Waals surface area contributed by atoms with E-state index in [1.807, 2.05) is 13.0 Å². The van der Waals surface area contributed by atoms with Crippen molar-refractivity contribution in [2.75, 3.05) is 5.32 Å². The molecule has 1 N–H and O–H groups in total. The molecule has 98 valence electrons. The molecule has 2 rings (SSSR count). The SMILES string of the molecule is CC(=O)n1ncc(C(=O)Nc2ccc(C)cc2Cl)n1. The van der Waals surface area contributed by atoms with E-state index in [9.17, 15) is 9.59 Å². The normalized spacial score (nSPS) is 10.3. The Bertz CT molecular complexity index is 651. The van der Waals surface area contributed by atoms with Crippen LogP contribution >= 0.6 is 11.6 Å². The van der Waals surface area contributed by atoms with Gasteiger partial charge in [0.05, 0.1) is 16.9 Å². The summed E-state index contributed by atoms with van der Waals surface area (Å²) in [6.45, 7) is 3.20. The first-order valence-corrected chi connectivity index (χ1v) is 5.86. The number of nitrogens with one attached hydrogen (secondary N) is 1. The number of carbonyl (C=O) groups is 2. The molecule has 0 aliphatic rings. The van der Waals surface area contributed by atoms with E-state index in [1.165, 1.54) is 13.1 Å². The third-order valence-electron chi connectivity index (χ3n) is 2.38. The standard InChI is InChI=1S/C12H11ClN4O2/c1-7-3-4-10(9(13)5-7)15-12(19)11-6-14-17(16-11)8(2)18/h3-6H,1-2H3,(H,15,19). The van der Waals surface area contributed by atoms with Gasteiger partial charge >= 0.3 is 0 Å². The van der Waals surface area contributed by atoms with Gasteiger partial charge in [-0.2, -0.15) is 5.10 Å². The van der Waals surface area contributed by atoms with Crippen LogP contribution in [0.2, 0.25) is 5.02 Å². The van der Waals surface area contributed by atoms with Crippen LogP contribution in [0.4, 0.5) is 5.69 Å². The Kier molecular flexibility index (Phi) is 3.62. The molecule has 1 amide bonds. The zero-order chi connectivity index (χ0) is 14.0. The molecular weight excluding hydrogens is 268 g/mol. The molecule has 1 aromatic carbocycles. The van der Waals surface area contributed by atoms with Crippen molar-refractivity contribution in [3.8, 4) is 0 Å². The number of nitrogens with zero attached hydrogens (tertiary/aromatic N) is 3. The van der Waals surface area contributed by atoms with E-state index in [2.05, 4.69) is 15.5 Å². The van der Waals surface area contributed by atoms with Crippen LogP contribution < -0.4 is 5.32 Å². The van der Waals surface area contributed by atoms with Gasteiger partial charge in [-0.25, -0.2) is 0 Å².